The Hall–Kier alpha value is -0.664. The number of ether oxygens (including phenoxy) is 10. The Balaban J connectivity index is 0.000000317. The summed E-state index contributed by atoms with van der Waals surface area (Å²) in [5.74, 6) is -0.686. The summed E-state index contributed by atoms with van der Waals surface area (Å²) < 4.78 is 117. The molecule has 0 aromatic carbocycles. The molecule has 8 rings (SSSR count). The van der Waals surface area contributed by atoms with E-state index in [4.69, 9.17) is 146 Å². The van der Waals surface area contributed by atoms with Crippen LogP contribution < -0.4 is 0 Å². The predicted molar refractivity (Wildman–Crippen MR) is 456 cm³/mol. The highest BCUT2D eigenvalue weighted by molar-refractivity contribution is 7.98. The molecule has 5 unspecified atom stereocenters. The number of hydrogen-bond donors (Lipinski definition) is 6. The van der Waals surface area contributed by atoms with Gasteiger partial charge in [-0.2, -0.15) is 0 Å². The van der Waals surface area contributed by atoms with Crippen LogP contribution in [0.25, 0.3) is 0 Å². The summed E-state index contributed by atoms with van der Waals surface area (Å²) in [7, 11) is 13.3. The quantitative estimate of drug-likeness (QED) is 0.0235. The van der Waals surface area contributed by atoms with Gasteiger partial charge in [0.25, 0.3) is 0 Å². The Bertz CT molecular complexity index is 2900. The van der Waals surface area contributed by atoms with Crippen LogP contribution in [0.2, 0.25) is 66.5 Å². The number of carbonyl (C=O) groups excluding carboxylic acids is 4. The number of esters is 2. The normalized spacial score (nSPS) is 33.0. The molecule has 0 saturated carbocycles. The number of ketones is 2. The van der Waals surface area contributed by atoms with Gasteiger partial charge in [0, 0.05) is 42.9 Å². The van der Waals surface area contributed by atoms with E-state index in [2.05, 4.69) is 166 Å². The van der Waals surface area contributed by atoms with Crippen molar-refractivity contribution >= 4 is 126 Å². The molecule has 0 spiro atoms. The molecule has 0 aliphatic carbocycles. The van der Waals surface area contributed by atoms with Crippen LogP contribution in [-0.2, 0) is 105 Å². The summed E-state index contributed by atoms with van der Waals surface area (Å²) in [6, 6.07) is -3.79. The van der Waals surface area contributed by atoms with E-state index < -0.39 is 167 Å². The molecule has 0 aromatic rings. The third-order valence-electron chi connectivity index (χ3n) is 22.9. The van der Waals surface area contributed by atoms with Crippen molar-refractivity contribution in [2.45, 2.75) is 394 Å². The molecule has 8 aliphatic rings. The molecule has 0 bridgehead atoms. The van der Waals surface area contributed by atoms with E-state index in [0.29, 0.717) is 36.8 Å². The molecule has 20 atom stereocenters. The lowest BCUT2D eigenvalue weighted by Gasteiger charge is -2.51. The monoisotopic (exact) mass is 1760 g/mol. The molecule has 8 aliphatic heterocycles. The molecule has 41 heteroatoms. The zero-order chi connectivity index (χ0) is 88.4. The van der Waals surface area contributed by atoms with Gasteiger partial charge < -0.3 is 126 Å². The molecule has 662 valence electrons. The molecule has 29 nitrogen and oxygen atoms in total. The van der Waals surface area contributed by atoms with Crippen molar-refractivity contribution in [2.75, 3.05) is 58.8 Å². The fourth-order valence-corrected chi connectivity index (χ4v) is 50.1. The van der Waals surface area contributed by atoms with Gasteiger partial charge in [0.05, 0.1) is 64.0 Å². The van der Waals surface area contributed by atoms with E-state index in [1.807, 2.05) is 6.26 Å². The van der Waals surface area contributed by atoms with E-state index in [-0.39, 0.29) is 137 Å². The average Bonchev–Trinajstić information content (AvgIpc) is 1.08. The van der Waals surface area contributed by atoms with Crippen molar-refractivity contribution in [3.05, 3.63) is 0 Å². The number of aliphatic hydroxyl groups excluding tert-OH is 6. The lowest BCUT2D eigenvalue weighted by Crippen LogP contribution is -2.66. The van der Waals surface area contributed by atoms with E-state index in [0.717, 1.165) is 0 Å². The number of Topliss-reactive ketones (excluding diaryl/α,β-unsaturated/α-hetero) is 2. The second-order valence-corrected chi connectivity index (χ2v) is 62.5. The van der Waals surface area contributed by atoms with Gasteiger partial charge in [-0.3, -0.25) is 9.59 Å². The largest absolute Gasteiger partial charge is 0.438 e. The van der Waals surface area contributed by atoms with E-state index in [1.165, 1.54) is 13.8 Å². The smallest absolute Gasteiger partial charge is 0.335 e. The van der Waals surface area contributed by atoms with Gasteiger partial charge in [-0.1, -0.05) is 166 Å². The molecule has 0 aromatic heterocycles. The lowest BCUT2D eigenvalue weighted by atomic mass is 9.93. The minimum Gasteiger partial charge on any atom is -0.438 e. The van der Waals surface area contributed by atoms with Gasteiger partial charge >= 0.3 is 63.3 Å². The van der Waals surface area contributed by atoms with Crippen LogP contribution in [0.15, 0.2) is 0 Å². The predicted octanol–water partition coefficient (Wildman–Crippen LogP) is 7.91. The maximum atomic E-state index is 11.9. The van der Waals surface area contributed by atoms with Crippen LogP contribution in [0.3, 0.4) is 0 Å². The SMILES string of the molecule is [B][C@@H]1O[C@@H]2CO[Si](C(C)C)(C(C)C)O[Si](C(C)C)(C(C)C)OC2[C@@H]1O.[B][C@@H]1O[C@@H]2CO[Si](C(C)C)(C(C)C)O[Si](C(C)C)(C(C)C)OC2[C@@H]1OCOC(=O)CCC(C)=O.[B][C@@H]1O[C@@H]2CO[Si](C(C)C)(C(C)C)O[Si](C(C)C)(C(C)C)OC2[C@@H]1OCSC.[B][C@@H]1O[C@H](CO)C(O)[C@@H]1O.[B][C@@H]1O[C@H](CO)C(O)[C@@H]1OCOC(=O)CCC(C)=O. The first-order chi connectivity index (χ1) is 53.9. The Morgan fingerprint density at radius 1 is 0.362 bits per heavy atom. The number of carbonyl (C=O) groups is 4. The molecule has 10 radical (unpaired) electrons. The third kappa shape index (κ3) is 26.5. The fourth-order valence-electron chi connectivity index (χ4n) is 16.1. The number of thioether (sulfide) groups is 1. The zero-order valence-corrected chi connectivity index (χ0v) is 81.1. The van der Waals surface area contributed by atoms with Gasteiger partial charge in [0.2, 0.25) is 0 Å². The summed E-state index contributed by atoms with van der Waals surface area (Å²) >= 11 is 1.63. The average molecular weight is 1760 g/mol. The van der Waals surface area contributed by atoms with Crippen LogP contribution in [0, 0.1) is 0 Å². The number of hydrogen-bond acceptors (Lipinski definition) is 30. The molecule has 0 amide bonds. The van der Waals surface area contributed by atoms with E-state index in [1.54, 1.807) is 11.8 Å². The first-order valence-corrected chi connectivity index (χ1v) is 54.8. The molecular formula is C75H143B5O29SSi6. The molecule has 8 heterocycles. The Labute approximate surface area is 710 Å². The van der Waals surface area contributed by atoms with Gasteiger partial charge in [0.15, 0.2) is 13.6 Å². The van der Waals surface area contributed by atoms with Crippen molar-refractivity contribution < 1.29 is 136 Å². The third-order valence-corrected chi connectivity index (χ3v) is 54.0. The summed E-state index contributed by atoms with van der Waals surface area (Å²) in [5, 5.41) is 55.6. The Morgan fingerprint density at radius 2 is 0.638 bits per heavy atom. The van der Waals surface area contributed by atoms with Gasteiger partial charge in [0.1, 0.15) is 130 Å². The highest BCUT2D eigenvalue weighted by Crippen LogP contribution is 2.52. The summed E-state index contributed by atoms with van der Waals surface area (Å²) in [6.45, 7) is 54.9. The van der Waals surface area contributed by atoms with Crippen LogP contribution in [0.5, 0.6) is 0 Å². The van der Waals surface area contributed by atoms with Crippen molar-refractivity contribution in [3.63, 3.8) is 0 Å². The topological polar surface area (TPSA) is 365 Å². The molecular weight excluding hydrogens is 1620 g/mol. The van der Waals surface area contributed by atoms with Crippen LogP contribution in [0.4, 0.5) is 0 Å². The van der Waals surface area contributed by atoms with Crippen molar-refractivity contribution in [2.24, 2.45) is 0 Å². The molecule has 8 fully saturated rings. The summed E-state index contributed by atoms with van der Waals surface area (Å²) in [6.07, 6.45) is -7.45. The zero-order valence-electron chi connectivity index (χ0n) is 74.3. The number of fused-ring (bicyclic) bond motifs is 3. The standard InChI is InChI=1S/C23H43BO8Si2.C19H39BO5SSi2.C17H35BO5Si2.C11H17BO7.C5H9BO4/c1-14(2)33(15(3)4)29-12-19-21(31-34(32-33,16(5)6)17(7)8)22(23(24)30-19)28-13-27-20(26)11-10-18(9)25;1-12(2)27(13(3)4)22-10-16-17(18(19(20)23-16)21-11-26-9)24-28(25-27,14(5)6)15(7)8;1-10(2)24(11(3)4)20-9-14-16(15(19)17(18)21-14)22-25(23-24,12(5)6)13(7)8;1-6(14)2-3-8(15)17-5-18-10-9(16)7(4-13)19-11(10)12;6-5-4(9)3(8)2(1-7)10-5/h14-17,19,21-23H,10-13H2,1-9H3;12-19H,10-11H2,1-9H3;10-17,19H,9H2,1-8H3;7,9-11,13,16H,2-5H2,1H3;2-5,7-9H,1H2/t19-,21?,22+,23-;16-,17?,18+,19-;14-,15+,16?,17-;7-,9?,10+,11-;2-,3?,4+,5-/m11111/s1. The minimum atomic E-state index is -2.85. The fraction of sp³-hybridized carbons (Fsp3) is 0.947. The second kappa shape index (κ2) is 47.8. The van der Waals surface area contributed by atoms with Gasteiger partial charge in [-0.15, -0.1) is 11.8 Å². The minimum absolute atomic E-state index is 0.0178. The van der Waals surface area contributed by atoms with Crippen molar-refractivity contribution in [1.29, 1.82) is 0 Å². The molecule has 6 N–H and O–H groups in total. The first kappa shape index (κ1) is 108. The van der Waals surface area contributed by atoms with Gasteiger partial charge in [-0.05, 0) is 86.6 Å². The Kier molecular flexibility index (Phi) is 44.3. The Morgan fingerprint density at radius 3 is 0.922 bits per heavy atom. The lowest BCUT2D eigenvalue weighted by molar-refractivity contribution is -0.166. The van der Waals surface area contributed by atoms with Crippen LogP contribution in [-0.4, -0.2) is 325 Å². The highest BCUT2D eigenvalue weighted by atomic mass is 32.2. The van der Waals surface area contributed by atoms with Crippen LogP contribution >= 0.6 is 11.8 Å². The van der Waals surface area contributed by atoms with E-state index in [9.17, 15) is 29.4 Å². The van der Waals surface area contributed by atoms with E-state index >= 15 is 0 Å². The second-order valence-electron chi connectivity index (χ2n) is 35.2. The maximum Gasteiger partial charge on any atom is 0.335 e. The van der Waals surface area contributed by atoms with Crippen molar-refractivity contribution in [3.8, 4) is 0 Å². The summed E-state index contributed by atoms with van der Waals surface area (Å²) in [4.78, 5) is 44.8. The summed E-state index contributed by atoms with van der Waals surface area (Å²) in [5.41, 5.74) is 2.98. The van der Waals surface area contributed by atoms with Crippen LogP contribution in [0.1, 0.15) is 206 Å². The number of aliphatic hydroxyl groups is 6. The van der Waals surface area contributed by atoms with Crippen molar-refractivity contribution in [1.82, 2.24) is 0 Å². The highest BCUT2D eigenvalue weighted by Gasteiger charge is 2.65. The molecule has 8 saturated heterocycles. The number of rotatable bonds is 29. The van der Waals surface area contributed by atoms with Gasteiger partial charge in [-0.25, -0.2) is 0 Å². The molecule has 116 heavy (non-hydrogen) atoms. The first-order valence-electron chi connectivity index (χ1n) is 41.6. The maximum absolute atomic E-state index is 11.9.